The molecule has 0 aromatic carbocycles. The third-order valence-corrected chi connectivity index (χ3v) is 3.25. The molecule has 1 aliphatic heterocycles. The van der Waals surface area contributed by atoms with Crippen molar-refractivity contribution in [3.05, 3.63) is 22.4 Å². The molecule has 17 heavy (non-hydrogen) atoms. The minimum atomic E-state index is -0.584. The first-order valence-electron chi connectivity index (χ1n) is 5.29. The summed E-state index contributed by atoms with van der Waals surface area (Å²) in [6, 6.07) is 1.29. The molecule has 0 saturated carbocycles. The van der Waals surface area contributed by atoms with Crippen LogP contribution in [0, 0.1) is 0 Å². The molecule has 90 valence electrons. The second-order valence-corrected chi connectivity index (χ2v) is 4.66. The van der Waals surface area contributed by atoms with E-state index in [2.05, 4.69) is 10.6 Å². The lowest BCUT2D eigenvalue weighted by molar-refractivity contribution is -0.137. The molecule has 1 atom stereocenters. The quantitative estimate of drug-likeness (QED) is 0.755. The van der Waals surface area contributed by atoms with E-state index in [1.807, 2.05) is 16.8 Å². The third-order valence-electron chi connectivity index (χ3n) is 2.52. The van der Waals surface area contributed by atoms with Gasteiger partial charge in [-0.25, -0.2) is 0 Å². The number of nitrogens with one attached hydrogen (secondary N) is 2. The molecule has 2 rings (SSSR count). The number of rotatable bonds is 3. The van der Waals surface area contributed by atoms with Gasteiger partial charge < -0.3 is 5.32 Å². The summed E-state index contributed by atoms with van der Waals surface area (Å²) in [4.78, 5) is 34.0. The van der Waals surface area contributed by atoms with E-state index >= 15 is 0 Å². The van der Waals surface area contributed by atoms with Crippen LogP contribution < -0.4 is 10.6 Å². The van der Waals surface area contributed by atoms with Crippen molar-refractivity contribution < 1.29 is 14.4 Å². The van der Waals surface area contributed by atoms with Gasteiger partial charge in [0.15, 0.2) is 0 Å². The van der Waals surface area contributed by atoms with Crippen LogP contribution in [0.25, 0.3) is 0 Å². The second kappa shape index (κ2) is 5.09. The Morgan fingerprint density at radius 1 is 1.53 bits per heavy atom. The van der Waals surface area contributed by atoms with Gasteiger partial charge in [0.2, 0.25) is 17.7 Å². The molecule has 0 aliphatic carbocycles. The first-order valence-corrected chi connectivity index (χ1v) is 6.23. The number of carbonyl (C=O) groups is 3. The molecular weight excluding hydrogens is 240 g/mol. The van der Waals surface area contributed by atoms with Crippen molar-refractivity contribution in [2.24, 2.45) is 0 Å². The van der Waals surface area contributed by atoms with Gasteiger partial charge in [-0.1, -0.05) is 0 Å². The van der Waals surface area contributed by atoms with Gasteiger partial charge in [0.25, 0.3) is 0 Å². The van der Waals surface area contributed by atoms with E-state index < -0.39 is 11.9 Å². The summed E-state index contributed by atoms with van der Waals surface area (Å²) in [6.07, 6.45) is 0.913. The van der Waals surface area contributed by atoms with Gasteiger partial charge in [0, 0.05) is 6.42 Å². The number of thiophene rings is 1. The van der Waals surface area contributed by atoms with Crippen LogP contribution in [-0.4, -0.2) is 23.8 Å². The summed E-state index contributed by atoms with van der Waals surface area (Å²) >= 11 is 1.52. The second-order valence-electron chi connectivity index (χ2n) is 3.88. The van der Waals surface area contributed by atoms with Crippen LogP contribution in [0.2, 0.25) is 0 Å². The summed E-state index contributed by atoms with van der Waals surface area (Å²) in [7, 11) is 0. The van der Waals surface area contributed by atoms with Crippen molar-refractivity contribution in [2.45, 2.75) is 25.3 Å². The average molecular weight is 252 g/mol. The van der Waals surface area contributed by atoms with Crippen LogP contribution in [-0.2, 0) is 20.8 Å². The van der Waals surface area contributed by atoms with Gasteiger partial charge >= 0.3 is 0 Å². The zero-order valence-corrected chi connectivity index (χ0v) is 9.88. The maximum atomic E-state index is 11.6. The average Bonchev–Trinajstić information content (AvgIpc) is 2.75. The van der Waals surface area contributed by atoms with Crippen molar-refractivity contribution in [1.82, 2.24) is 10.6 Å². The lowest BCUT2D eigenvalue weighted by Gasteiger charge is -2.21. The molecule has 1 saturated heterocycles. The number of amides is 3. The minimum Gasteiger partial charge on any atom is -0.344 e. The molecule has 1 aliphatic rings. The van der Waals surface area contributed by atoms with Crippen molar-refractivity contribution in [2.75, 3.05) is 0 Å². The van der Waals surface area contributed by atoms with Crippen LogP contribution >= 0.6 is 11.3 Å². The van der Waals surface area contributed by atoms with E-state index in [1.54, 1.807) is 0 Å². The molecule has 2 N–H and O–H groups in total. The Hall–Kier alpha value is -1.69. The number of imide groups is 1. The smallest absolute Gasteiger partial charge is 0.249 e. The molecule has 1 unspecified atom stereocenters. The summed E-state index contributed by atoms with van der Waals surface area (Å²) in [5, 5.41) is 8.62. The maximum Gasteiger partial charge on any atom is 0.249 e. The van der Waals surface area contributed by atoms with Gasteiger partial charge in [-0.05, 0) is 28.8 Å². The maximum absolute atomic E-state index is 11.6. The highest BCUT2D eigenvalue weighted by atomic mass is 32.1. The Morgan fingerprint density at radius 3 is 3.00 bits per heavy atom. The molecule has 1 aromatic heterocycles. The van der Waals surface area contributed by atoms with Crippen LogP contribution in [0.4, 0.5) is 0 Å². The van der Waals surface area contributed by atoms with Gasteiger partial charge in [0.1, 0.15) is 6.04 Å². The lowest BCUT2D eigenvalue weighted by atomic mass is 10.1. The number of carbonyl (C=O) groups excluding carboxylic acids is 3. The summed E-state index contributed by atoms with van der Waals surface area (Å²) < 4.78 is 0. The third kappa shape index (κ3) is 3.13. The van der Waals surface area contributed by atoms with Crippen molar-refractivity contribution in [3.63, 3.8) is 0 Å². The molecule has 1 aromatic rings. The highest BCUT2D eigenvalue weighted by molar-refractivity contribution is 7.07. The normalized spacial score (nSPS) is 19.9. The van der Waals surface area contributed by atoms with Gasteiger partial charge in [0.05, 0.1) is 6.42 Å². The highest BCUT2D eigenvalue weighted by Crippen LogP contribution is 2.08. The standard InChI is InChI=1S/C11H12N2O3S/c14-9-2-1-8(11(16)13-9)12-10(15)5-7-3-4-17-6-7/h3-4,6,8H,1-2,5H2,(H,12,15)(H,13,14,16). The fraction of sp³-hybridized carbons (Fsp3) is 0.364. The molecule has 2 heterocycles. The predicted octanol–water partition coefficient (Wildman–Crippen LogP) is 0.212. The largest absolute Gasteiger partial charge is 0.344 e. The van der Waals surface area contributed by atoms with E-state index in [4.69, 9.17) is 0 Å². The first-order chi connectivity index (χ1) is 8.15. The van der Waals surface area contributed by atoms with Crippen molar-refractivity contribution in [1.29, 1.82) is 0 Å². The van der Waals surface area contributed by atoms with Crippen LogP contribution in [0.15, 0.2) is 16.8 Å². The van der Waals surface area contributed by atoms with Gasteiger partial charge in [-0.15, -0.1) is 0 Å². The summed E-state index contributed by atoms with van der Waals surface area (Å²) in [6.45, 7) is 0. The van der Waals surface area contributed by atoms with Crippen LogP contribution in [0.3, 0.4) is 0 Å². The fourth-order valence-corrected chi connectivity index (χ4v) is 2.32. The lowest BCUT2D eigenvalue weighted by Crippen LogP contribution is -2.52. The number of hydrogen-bond donors (Lipinski definition) is 2. The Bertz CT molecular complexity index is 442. The van der Waals surface area contributed by atoms with Gasteiger partial charge in [-0.3, -0.25) is 19.7 Å². The molecule has 6 heteroatoms. The fourth-order valence-electron chi connectivity index (χ4n) is 1.66. The Kier molecular flexibility index (Phi) is 3.53. The van der Waals surface area contributed by atoms with E-state index in [-0.39, 0.29) is 24.7 Å². The molecule has 3 amide bonds. The van der Waals surface area contributed by atoms with E-state index in [1.165, 1.54) is 11.3 Å². The number of piperidine rings is 1. The molecular formula is C11H12N2O3S. The highest BCUT2D eigenvalue weighted by Gasteiger charge is 2.27. The molecule has 0 spiro atoms. The Morgan fingerprint density at radius 2 is 2.35 bits per heavy atom. The van der Waals surface area contributed by atoms with Crippen molar-refractivity contribution in [3.8, 4) is 0 Å². The predicted molar refractivity (Wildman–Crippen MR) is 62.3 cm³/mol. The number of hydrogen-bond acceptors (Lipinski definition) is 4. The zero-order valence-electron chi connectivity index (χ0n) is 9.06. The van der Waals surface area contributed by atoms with Crippen LogP contribution in [0.5, 0.6) is 0 Å². The first kappa shape index (κ1) is 11.8. The molecule has 1 fully saturated rings. The Balaban J connectivity index is 1.86. The van der Waals surface area contributed by atoms with E-state index in [9.17, 15) is 14.4 Å². The minimum absolute atomic E-state index is 0.196. The SMILES string of the molecule is O=C1CCC(NC(=O)Cc2ccsc2)C(=O)N1. The molecule has 0 radical (unpaired) electrons. The molecule has 0 bridgehead atoms. The van der Waals surface area contributed by atoms with Crippen LogP contribution in [0.1, 0.15) is 18.4 Å². The molecule has 5 nitrogen and oxygen atoms in total. The van der Waals surface area contributed by atoms with Crippen molar-refractivity contribution >= 4 is 29.1 Å². The summed E-state index contributed by atoms with van der Waals surface area (Å²) in [5.41, 5.74) is 0.930. The summed E-state index contributed by atoms with van der Waals surface area (Å²) in [5.74, 6) is -0.892. The van der Waals surface area contributed by atoms with E-state index in [0.717, 1.165) is 5.56 Å². The topological polar surface area (TPSA) is 75.3 Å². The van der Waals surface area contributed by atoms with Gasteiger partial charge in [-0.2, -0.15) is 11.3 Å². The zero-order chi connectivity index (χ0) is 12.3. The van der Waals surface area contributed by atoms with E-state index in [0.29, 0.717) is 6.42 Å². The monoisotopic (exact) mass is 252 g/mol. The Labute approximate surface area is 102 Å².